The van der Waals surface area contributed by atoms with Gasteiger partial charge in [-0.05, 0) is 23.7 Å². The number of carbonyl (C=O) groups excluding carboxylic acids is 2. The molecular formula is C8H8Cl2N2O2. The molecule has 6 heteroatoms. The van der Waals surface area contributed by atoms with E-state index in [1.807, 2.05) is 0 Å². The van der Waals surface area contributed by atoms with Gasteiger partial charge in [-0.25, -0.2) is 4.98 Å². The van der Waals surface area contributed by atoms with Crippen LogP contribution in [0.5, 0.6) is 0 Å². The molecule has 76 valence electrons. The molecular weight excluding hydrogens is 227 g/mol. The molecule has 1 aromatic heterocycles. The number of nitrogens with zero attached hydrogens (tertiary/aromatic N) is 1. The zero-order valence-electron chi connectivity index (χ0n) is 7.28. The zero-order valence-corrected chi connectivity index (χ0v) is 8.85. The molecule has 0 aliphatic heterocycles. The van der Waals surface area contributed by atoms with Crippen LogP contribution in [0.3, 0.4) is 0 Å². The highest BCUT2D eigenvalue weighted by Gasteiger charge is 2.02. The largest absolute Gasteiger partial charge is 0.311 e. The number of halogens is 2. The van der Waals surface area contributed by atoms with Crippen molar-refractivity contribution in [3.63, 3.8) is 0 Å². The number of hydrogen-bond donors (Lipinski definition) is 1. The summed E-state index contributed by atoms with van der Waals surface area (Å²) in [6.07, 6.45) is 1.31. The smallest absolute Gasteiger partial charge is 0.253 e. The molecule has 1 N–H and O–H groups in total. The summed E-state index contributed by atoms with van der Waals surface area (Å²) < 4.78 is 0. The van der Waals surface area contributed by atoms with Gasteiger partial charge in [-0.2, -0.15) is 0 Å². The van der Waals surface area contributed by atoms with E-state index in [4.69, 9.17) is 11.6 Å². The fraction of sp³-hybridized carbons (Fsp3) is 0.125. The van der Waals surface area contributed by atoms with E-state index < -0.39 is 5.24 Å². The van der Waals surface area contributed by atoms with Crippen molar-refractivity contribution in [3.05, 3.63) is 23.9 Å². The summed E-state index contributed by atoms with van der Waals surface area (Å²) in [5, 5.41) is 1.90. The van der Waals surface area contributed by atoms with Crippen molar-refractivity contribution >= 4 is 41.0 Å². The number of rotatable bonds is 2. The van der Waals surface area contributed by atoms with Gasteiger partial charge >= 0.3 is 0 Å². The monoisotopic (exact) mass is 234 g/mol. The SMILES string of the molecule is CC(=O)Nc1ccc(C(=O)Cl)cn1.Cl. The van der Waals surface area contributed by atoms with Crippen LogP contribution in [0.25, 0.3) is 0 Å². The number of nitrogens with one attached hydrogen (secondary N) is 1. The van der Waals surface area contributed by atoms with Crippen molar-refractivity contribution in [2.75, 3.05) is 5.32 Å². The molecule has 0 aliphatic rings. The Kier molecular flexibility index (Phi) is 5.12. The van der Waals surface area contributed by atoms with Crippen LogP contribution >= 0.6 is 24.0 Å². The van der Waals surface area contributed by atoms with E-state index in [0.29, 0.717) is 11.4 Å². The minimum atomic E-state index is -0.568. The van der Waals surface area contributed by atoms with Gasteiger partial charge in [0.1, 0.15) is 5.82 Å². The van der Waals surface area contributed by atoms with Crippen LogP contribution in [-0.2, 0) is 4.79 Å². The first-order chi connectivity index (χ1) is 6.09. The molecule has 0 fully saturated rings. The Bertz CT molecular complexity index is 338. The van der Waals surface area contributed by atoms with Crippen molar-refractivity contribution in [3.8, 4) is 0 Å². The molecule has 0 spiro atoms. The summed E-state index contributed by atoms with van der Waals surface area (Å²) in [6, 6.07) is 3.00. The van der Waals surface area contributed by atoms with E-state index in [1.54, 1.807) is 0 Å². The molecule has 0 saturated heterocycles. The second kappa shape index (κ2) is 5.57. The lowest BCUT2D eigenvalue weighted by molar-refractivity contribution is -0.114. The van der Waals surface area contributed by atoms with Gasteiger partial charge in [0.25, 0.3) is 5.24 Å². The van der Waals surface area contributed by atoms with E-state index >= 15 is 0 Å². The highest BCUT2D eigenvalue weighted by molar-refractivity contribution is 6.67. The Hall–Kier alpha value is -1.13. The van der Waals surface area contributed by atoms with Crippen molar-refractivity contribution in [1.29, 1.82) is 0 Å². The van der Waals surface area contributed by atoms with Crippen LogP contribution in [0.2, 0.25) is 0 Å². The molecule has 0 saturated carbocycles. The van der Waals surface area contributed by atoms with Gasteiger partial charge < -0.3 is 5.32 Å². The molecule has 0 radical (unpaired) electrons. The Labute approximate surface area is 92.1 Å². The third-order valence-electron chi connectivity index (χ3n) is 1.29. The second-order valence-corrected chi connectivity index (χ2v) is 2.73. The fourth-order valence-electron chi connectivity index (χ4n) is 0.764. The van der Waals surface area contributed by atoms with Crippen molar-refractivity contribution in [2.24, 2.45) is 0 Å². The summed E-state index contributed by atoms with van der Waals surface area (Å²) in [5.74, 6) is 0.187. The summed E-state index contributed by atoms with van der Waals surface area (Å²) in [4.78, 5) is 25.0. The standard InChI is InChI=1S/C8H7ClN2O2.ClH/c1-5(12)11-7-3-2-6(4-10-7)8(9)13;/h2-4H,1H3,(H,10,11,12);1H. The van der Waals surface area contributed by atoms with Gasteiger partial charge in [-0.3, -0.25) is 9.59 Å². The number of hydrogen-bond acceptors (Lipinski definition) is 3. The third-order valence-corrected chi connectivity index (χ3v) is 1.51. The quantitative estimate of drug-likeness (QED) is 0.795. The van der Waals surface area contributed by atoms with E-state index in [1.165, 1.54) is 25.3 Å². The lowest BCUT2D eigenvalue weighted by Gasteiger charge is -1.99. The molecule has 4 nitrogen and oxygen atoms in total. The molecule has 0 bridgehead atoms. The minimum absolute atomic E-state index is 0. The average Bonchev–Trinajstić information content (AvgIpc) is 2.04. The van der Waals surface area contributed by atoms with E-state index in [9.17, 15) is 9.59 Å². The van der Waals surface area contributed by atoms with Gasteiger partial charge in [0.2, 0.25) is 5.91 Å². The maximum atomic E-state index is 10.6. The zero-order chi connectivity index (χ0) is 9.84. The molecule has 0 aromatic carbocycles. The van der Waals surface area contributed by atoms with E-state index in [2.05, 4.69) is 10.3 Å². The molecule has 1 rings (SSSR count). The Morgan fingerprint density at radius 2 is 2.07 bits per heavy atom. The van der Waals surface area contributed by atoms with Gasteiger partial charge in [-0.15, -0.1) is 12.4 Å². The van der Waals surface area contributed by atoms with Crippen molar-refractivity contribution in [2.45, 2.75) is 6.92 Å². The lowest BCUT2D eigenvalue weighted by Crippen LogP contribution is -2.07. The molecule has 0 atom stereocenters. The third kappa shape index (κ3) is 3.72. The van der Waals surface area contributed by atoms with Crippen molar-refractivity contribution < 1.29 is 9.59 Å². The Morgan fingerprint density at radius 3 is 2.43 bits per heavy atom. The fourth-order valence-corrected chi connectivity index (χ4v) is 0.876. The molecule has 1 heterocycles. The molecule has 0 aliphatic carbocycles. The predicted octanol–water partition coefficient (Wildman–Crippen LogP) is 1.84. The van der Waals surface area contributed by atoms with Crippen LogP contribution in [0.4, 0.5) is 5.82 Å². The van der Waals surface area contributed by atoms with Crippen LogP contribution in [0.1, 0.15) is 17.3 Å². The summed E-state index contributed by atoms with van der Waals surface area (Å²) in [5.41, 5.74) is 0.302. The Balaban J connectivity index is 0.00000169. The van der Waals surface area contributed by atoms with Crippen LogP contribution in [-0.4, -0.2) is 16.1 Å². The summed E-state index contributed by atoms with van der Waals surface area (Å²) in [6.45, 7) is 1.38. The number of anilines is 1. The molecule has 0 unspecified atom stereocenters. The maximum absolute atomic E-state index is 10.6. The molecule has 1 amide bonds. The molecule has 1 aromatic rings. The topological polar surface area (TPSA) is 59.1 Å². The minimum Gasteiger partial charge on any atom is -0.311 e. The lowest BCUT2D eigenvalue weighted by atomic mass is 10.3. The normalized spacial score (nSPS) is 8.71. The predicted molar refractivity (Wildman–Crippen MR) is 56.0 cm³/mol. The van der Waals surface area contributed by atoms with Gasteiger partial charge in [0, 0.05) is 13.1 Å². The van der Waals surface area contributed by atoms with Gasteiger partial charge in [-0.1, -0.05) is 0 Å². The Morgan fingerprint density at radius 1 is 1.43 bits per heavy atom. The second-order valence-electron chi connectivity index (χ2n) is 2.39. The first-order valence-corrected chi connectivity index (χ1v) is 3.91. The van der Waals surface area contributed by atoms with Crippen LogP contribution in [0, 0.1) is 0 Å². The van der Waals surface area contributed by atoms with Crippen LogP contribution in [0.15, 0.2) is 18.3 Å². The van der Waals surface area contributed by atoms with E-state index in [0.717, 1.165) is 0 Å². The molecule has 14 heavy (non-hydrogen) atoms. The van der Waals surface area contributed by atoms with Gasteiger partial charge in [0.05, 0.1) is 5.56 Å². The van der Waals surface area contributed by atoms with E-state index in [-0.39, 0.29) is 18.3 Å². The highest BCUT2D eigenvalue weighted by atomic mass is 35.5. The maximum Gasteiger partial charge on any atom is 0.253 e. The summed E-state index contributed by atoms with van der Waals surface area (Å²) >= 11 is 5.19. The first kappa shape index (κ1) is 12.9. The number of aromatic nitrogens is 1. The number of amides is 1. The summed E-state index contributed by atoms with van der Waals surface area (Å²) in [7, 11) is 0. The van der Waals surface area contributed by atoms with Crippen LogP contribution < -0.4 is 5.32 Å². The van der Waals surface area contributed by atoms with Crippen molar-refractivity contribution in [1.82, 2.24) is 4.98 Å². The van der Waals surface area contributed by atoms with Gasteiger partial charge in [0.15, 0.2) is 0 Å². The number of carbonyl (C=O) groups is 2. The average molecular weight is 235 g/mol. The first-order valence-electron chi connectivity index (χ1n) is 3.53. The highest BCUT2D eigenvalue weighted by Crippen LogP contribution is 2.06. The number of pyridine rings is 1.